The van der Waals surface area contributed by atoms with Gasteiger partial charge in [-0.2, -0.15) is 13.2 Å². The zero-order chi connectivity index (χ0) is 18.0. The molecule has 0 aromatic heterocycles. The number of methoxy groups -OCH3 is 1. The summed E-state index contributed by atoms with van der Waals surface area (Å²) in [5.74, 6) is -3.80. The molecule has 1 aliphatic heterocycles. The van der Waals surface area contributed by atoms with Gasteiger partial charge in [0, 0.05) is 31.7 Å². The van der Waals surface area contributed by atoms with Crippen molar-refractivity contribution < 1.29 is 31.8 Å². The van der Waals surface area contributed by atoms with E-state index in [2.05, 4.69) is 5.32 Å². The molecule has 136 valence electrons. The van der Waals surface area contributed by atoms with Gasteiger partial charge in [0.2, 0.25) is 0 Å². The molecular weight excluding hydrogens is 335 g/mol. The van der Waals surface area contributed by atoms with Crippen LogP contribution in [0.3, 0.4) is 0 Å². The lowest BCUT2D eigenvalue weighted by Crippen LogP contribution is -2.51. The number of piperazine rings is 1. The van der Waals surface area contributed by atoms with Crippen molar-refractivity contribution >= 4 is 0 Å². The van der Waals surface area contributed by atoms with Crippen LogP contribution in [0.2, 0.25) is 0 Å². The minimum atomic E-state index is -4.60. The van der Waals surface area contributed by atoms with Gasteiger partial charge in [-0.25, -0.2) is 8.78 Å². The predicted molar refractivity (Wildman–Crippen MR) is 77.2 cm³/mol. The minimum Gasteiger partial charge on any atom is -0.496 e. The van der Waals surface area contributed by atoms with Crippen molar-refractivity contribution in [1.29, 1.82) is 0 Å². The molecule has 0 amide bonds. The fourth-order valence-corrected chi connectivity index (χ4v) is 2.83. The number of ether oxygens (including phenoxy) is 1. The molecule has 1 aliphatic rings. The Morgan fingerprint density at radius 2 is 1.83 bits per heavy atom. The van der Waals surface area contributed by atoms with Crippen molar-refractivity contribution in [3.8, 4) is 5.75 Å². The zero-order valence-corrected chi connectivity index (χ0v) is 13.0. The number of aliphatic hydroxyl groups excluding tert-OH is 1. The minimum absolute atomic E-state index is 0.0774. The van der Waals surface area contributed by atoms with Crippen LogP contribution < -0.4 is 10.1 Å². The van der Waals surface area contributed by atoms with Gasteiger partial charge < -0.3 is 15.2 Å². The lowest BCUT2D eigenvalue weighted by Gasteiger charge is -2.39. The van der Waals surface area contributed by atoms with Gasteiger partial charge in [-0.3, -0.25) is 4.90 Å². The summed E-state index contributed by atoms with van der Waals surface area (Å²) in [6.45, 7) is 0.0998. The van der Waals surface area contributed by atoms with Gasteiger partial charge in [0.15, 0.2) is 0 Å². The van der Waals surface area contributed by atoms with Gasteiger partial charge in [-0.1, -0.05) is 6.07 Å². The maximum absolute atomic E-state index is 14.3. The average molecular weight is 354 g/mol. The lowest BCUT2D eigenvalue weighted by atomic mass is 9.96. The number of halogens is 5. The first-order valence-corrected chi connectivity index (χ1v) is 7.39. The Morgan fingerprint density at radius 3 is 2.33 bits per heavy atom. The second-order valence-electron chi connectivity index (χ2n) is 5.56. The molecule has 1 fully saturated rings. The van der Waals surface area contributed by atoms with Crippen LogP contribution in [-0.4, -0.2) is 55.8 Å². The van der Waals surface area contributed by atoms with Gasteiger partial charge >= 0.3 is 6.18 Å². The maximum Gasteiger partial charge on any atom is 0.416 e. The molecule has 2 N–H and O–H groups in total. The van der Waals surface area contributed by atoms with Gasteiger partial charge in [-0.05, 0) is 12.1 Å². The summed E-state index contributed by atoms with van der Waals surface area (Å²) in [6, 6.07) is 0.887. The van der Waals surface area contributed by atoms with Gasteiger partial charge in [0.1, 0.15) is 18.4 Å². The molecule has 4 nitrogen and oxygen atoms in total. The zero-order valence-electron chi connectivity index (χ0n) is 13.0. The summed E-state index contributed by atoms with van der Waals surface area (Å²) in [6.07, 6.45) is -4.60. The summed E-state index contributed by atoms with van der Waals surface area (Å²) in [5, 5.41) is 12.1. The molecule has 2 rings (SSSR count). The molecule has 0 bridgehead atoms. The van der Waals surface area contributed by atoms with Gasteiger partial charge in [0.05, 0.1) is 12.7 Å². The molecule has 0 saturated carbocycles. The van der Waals surface area contributed by atoms with Gasteiger partial charge in [0.25, 0.3) is 5.92 Å². The number of hydrogen-bond acceptors (Lipinski definition) is 4. The van der Waals surface area contributed by atoms with Crippen molar-refractivity contribution in [2.24, 2.45) is 0 Å². The smallest absolute Gasteiger partial charge is 0.416 e. The highest BCUT2D eigenvalue weighted by Crippen LogP contribution is 2.42. The Kier molecular flexibility index (Phi) is 5.67. The van der Waals surface area contributed by atoms with Gasteiger partial charge in [-0.15, -0.1) is 0 Å². The van der Waals surface area contributed by atoms with Crippen LogP contribution in [0.5, 0.6) is 5.75 Å². The number of aliphatic hydroxyl groups is 1. The first-order valence-electron chi connectivity index (χ1n) is 7.39. The molecule has 1 saturated heterocycles. The number of benzene rings is 1. The number of alkyl halides is 5. The number of hydrogen-bond donors (Lipinski definition) is 2. The highest BCUT2D eigenvalue weighted by molar-refractivity contribution is 5.41. The fourth-order valence-electron chi connectivity index (χ4n) is 2.83. The standard InChI is InChI=1S/C15H19F5N2O2/c1-24-12-8-10(15(18,19)20)2-3-11(12)13(14(16,17)9-23)22-6-4-21-5-7-22/h2-3,8,13,21,23H,4-7,9H2,1H3/t13-/m1/s1. The molecule has 24 heavy (non-hydrogen) atoms. The van der Waals surface area contributed by atoms with Crippen molar-refractivity contribution in [1.82, 2.24) is 10.2 Å². The largest absolute Gasteiger partial charge is 0.496 e. The van der Waals surface area contributed by atoms with E-state index in [1.165, 1.54) is 4.90 Å². The molecule has 9 heteroatoms. The van der Waals surface area contributed by atoms with Crippen LogP contribution in [0.1, 0.15) is 17.2 Å². The highest BCUT2D eigenvalue weighted by Gasteiger charge is 2.45. The lowest BCUT2D eigenvalue weighted by molar-refractivity contribution is -0.137. The van der Waals surface area contributed by atoms with Crippen LogP contribution >= 0.6 is 0 Å². The van der Waals surface area contributed by atoms with E-state index < -0.39 is 30.3 Å². The SMILES string of the molecule is COc1cc(C(F)(F)F)ccc1[C@@H](N1CCNCC1)C(F)(F)CO. The monoisotopic (exact) mass is 354 g/mol. The highest BCUT2D eigenvalue weighted by atomic mass is 19.4. The Labute approximate surface area is 136 Å². The Morgan fingerprint density at radius 1 is 1.21 bits per heavy atom. The van der Waals surface area contributed by atoms with Crippen molar-refractivity contribution in [2.75, 3.05) is 39.9 Å². The quantitative estimate of drug-likeness (QED) is 0.797. The molecule has 1 heterocycles. The van der Waals surface area contributed by atoms with E-state index in [9.17, 15) is 22.0 Å². The number of rotatable bonds is 5. The number of nitrogens with one attached hydrogen (secondary N) is 1. The molecule has 0 aliphatic carbocycles. The third-order valence-electron chi connectivity index (χ3n) is 3.98. The molecule has 1 atom stereocenters. The van der Waals surface area contributed by atoms with Crippen LogP contribution in [0.25, 0.3) is 0 Å². The number of nitrogens with zero attached hydrogens (tertiary/aromatic N) is 1. The topological polar surface area (TPSA) is 44.7 Å². The van der Waals surface area contributed by atoms with Crippen LogP contribution in [0.4, 0.5) is 22.0 Å². The summed E-state index contributed by atoms with van der Waals surface area (Å²) in [5.41, 5.74) is -1.05. The molecule has 0 spiro atoms. The summed E-state index contributed by atoms with van der Waals surface area (Å²) in [7, 11) is 1.13. The third-order valence-corrected chi connectivity index (χ3v) is 3.98. The Balaban J connectivity index is 2.49. The fraction of sp³-hybridized carbons (Fsp3) is 0.600. The van der Waals surface area contributed by atoms with E-state index in [4.69, 9.17) is 9.84 Å². The summed E-state index contributed by atoms with van der Waals surface area (Å²) >= 11 is 0. The molecule has 0 radical (unpaired) electrons. The first kappa shape index (κ1) is 18.9. The average Bonchev–Trinajstić information content (AvgIpc) is 2.55. The normalized spacial score (nSPS) is 18.5. The van der Waals surface area contributed by atoms with Crippen LogP contribution in [0.15, 0.2) is 18.2 Å². The van der Waals surface area contributed by atoms with Crippen molar-refractivity contribution in [3.63, 3.8) is 0 Å². The van der Waals surface area contributed by atoms with E-state index in [1.807, 2.05) is 0 Å². The van der Waals surface area contributed by atoms with E-state index in [1.54, 1.807) is 0 Å². The van der Waals surface area contributed by atoms with E-state index >= 15 is 0 Å². The van der Waals surface area contributed by atoms with Crippen molar-refractivity contribution in [2.45, 2.75) is 18.1 Å². The Hall–Kier alpha value is -1.45. The van der Waals surface area contributed by atoms with E-state index in [0.29, 0.717) is 19.2 Å². The summed E-state index contributed by atoms with van der Waals surface area (Å²) < 4.78 is 72.1. The maximum atomic E-state index is 14.3. The summed E-state index contributed by atoms with van der Waals surface area (Å²) in [4.78, 5) is 1.44. The van der Waals surface area contributed by atoms with Crippen LogP contribution in [-0.2, 0) is 6.18 Å². The molecule has 1 aromatic carbocycles. The molecule has 1 aromatic rings. The van der Waals surface area contributed by atoms with Crippen LogP contribution in [0, 0.1) is 0 Å². The molecule has 0 unspecified atom stereocenters. The Bertz CT molecular complexity index is 559. The predicted octanol–water partition coefficient (Wildman–Crippen LogP) is 2.29. The second kappa shape index (κ2) is 7.20. The first-order chi connectivity index (χ1) is 11.2. The van der Waals surface area contributed by atoms with E-state index in [0.717, 1.165) is 19.2 Å². The second-order valence-corrected chi connectivity index (χ2v) is 5.56. The third kappa shape index (κ3) is 3.96. The molecular formula is C15H19F5N2O2. The van der Waals surface area contributed by atoms with E-state index in [-0.39, 0.29) is 24.4 Å². The van der Waals surface area contributed by atoms with Crippen molar-refractivity contribution in [3.05, 3.63) is 29.3 Å².